The maximum Gasteiger partial charge on any atom is 0.253 e. The fraction of sp³-hybridized carbons (Fsp3) is 0.765. The third kappa shape index (κ3) is 5.48. The second-order valence-electron chi connectivity index (χ2n) is 5.73. The lowest BCUT2D eigenvalue weighted by molar-refractivity contribution is -0.139. The summed E-state index contributed by atoms with van der Waals surface area (Å²) in [4.78, 5) is 25.1. The van der Waals surface area contributed by atoms with Crippen molar-refractivity contribution in [2.45, 2.75) is 84.1 Å². The van der Waals surface area contributed by atoms with Crippen LogP contribution in [0.2, 0.25) is 0 Å². The second kappa shape index (κ2) is 9.73. The van der Waals surface area contributed by atoms with E-state index in [-0.39, 0.29) is 17.9 Å². The Morgan fingerprint density at radius 1 is 0.800 bits per heavy atom. The average Bonchev–Trinajstić information content (AvgIpc) is 2.77. The number of hydrogen-bond acceptors (Lipinski definition) is 2. The van der Waals surface area contributed by atoms with Gasteiger partial charge in [0.15, 0.2) is 0 Å². The molecule has 0 aromatic rings. The molecule has 0 spiro atoms. The Morgan fingerprint density at radius 2 is 1.25 bits per heavy atom. The summed E-state index contributed by atoms with van der Waals surface area (Å²) in [6, 6.07) is 0.110. The molecule has 1 aliphatic rings. The molecule has 2 amide bonds. The number of carbonyl (C=O) groups is 2. The van der Waals surface area contributed by atoms with Gasteiger partial charge in [-0.1, -0.05) is 65.2 Å². The van der Waals surface area contributed by atoms with E-state index in [1.165, 1.54) is 55.6 Å². The standard InChI is InChI=1S/C17H29NO2/c1-3-5-7-9-11-15(12-10-8-6-4-2)18-16(19)13-14-17(18)20/h13-15H,3-12H2,1-2H3. The first-order valence-corrected chi connectivity index (χ1v) is 8.26. The fourth-order valence-corrected chi connectivity index (χ4v) is 2.79. The summed E-state index contributed by atoms with van der Waals surface area (Å²) < 4.78 is 0. The molecule has 1 heterocycles. The van der Waals surface area contributed by atoms with Gasteiger partial charge in [0.2, 0.25) is 0 Å². The van der Waals surface area contributed by atoms with E-state index in [0.717, 1.165) is 25.7 Å². The van der Waals surface area contributed by atoms with Crippen LogP contribution in [0.5, 0.6) is 0 Å². The molecule has 0 fully saturated rings. The van der Waals surface area contributed by atoms with Crippen molar-refractivity contribution in [2.24, 2.45) is 0 Å². The van der Waals surface area contributed by atoms with Crippen LogP contribution < -0.4 is 0 Å². The van der Waals surface area contributed by atoms with Gasteiger partial charge in [-0.25, -0.2) is 0 Å². The zero-order chi connectivity index (χ0) is 14.8. The van der Waals surface area contributed by atoms with Gasteiger partial charge in [-0.05, 0) is 12.8 Å². The highest BCUT2D eigenvalue weighted by Crippen LogP contribution is 2.21. The number of rotatable bonds is 11. The van der Waals surface area contributed by atoms with Crippen LogP contribution in [-0.2, 0) is 9.59 Å². The van der Waals surface area contributed by atoms with Crippen molar-refractivity contribution in [2.75, 3.05) is 0 Å². The van der Waals surface area contributed by atoms with E-state index >= 15 is 0 Å². The van der Waals surface area contributed by atoms with E-state index in [9.17, 15) is 9.59 Å². The predicted molar refractivity (Wildman–Crippen MR) is 82.3 cm³/mol. The van der Waals surface area contributed by atoms with E-state index in [0.29, 0.717) is 0 Å². The van der Waals surface area contributed by atoms with E-state index < -0.39 is 0 Å². The molecule has 0 saturated carbocycles. The third-order valence-electron chi connectivity index (χ3n) is 3.99. The maximum atomic E-state index is 11.8. The van der Waals surface area contributed by atoms with Crippen LogP contribution in [0.15, 0.2) is 12.2 Å². The Morgan fingerprint density at radius 3 is 1.65 bits per heavy atom. The van der Waals surface area contributed by atoms with Crippen LogP contribution in [0.3, 0.4) is 0 Å². The first-order valence-electron chi connectivity index (χ1n) is 8.26. The van der Waals surface area contributed by atoms with Crippen molar-refractivity contribution in [1.82, 2.24) is 4.90 Å². The lowest BCUT2D eigenvalue weighted by atomic mass is 9.99. The average molecular weight is 279 g/mol. The van der Waals surface area contributed by atoms with Crippen molar-refractivity contribution in [1.29, 1.82) is 0 Å². The monoisotopic (exact) mass is 279 g/mol. The summed E-state index contributed by atoms with van der Waals surface area (Å²) in [6.45, 7) is 4.39. The summed E-state index contributed by atoms with van der Waals surface area (Å²) in [6.07, 6.45) is 14.3. The summed E-state index contributed by atoms with van der Waals surface area (Å²) >= 11 is 0. The van der Waals surface area contributed by atoms with Gasteiger partial charge in [0.1, 0.15) is 0 Å². The topological polar surface area (TPSA) is 37.4 Å². The van der Waals surface area contributed by atoms with Crippen molar-refractivity contribution in [3.8, 4) is 0 Å². The molecule has 0 bridgehead atoms. The number of unbranched alkanes of at least 4 members (excludes halogenated alkanes) is 6. The lowest BCUT2D eigenvalue weighted by Gasteiger charge is -2.26. The molecule has 0 N–H and O–H groups in total. The van der Waals surface area contributed by atoms with Crippen LogP contribution in [-0.4, -0.2) is 22.8 Å². The minimum absolute atomic E-state index is 0.110. The number of nitrogens with zero attached hydrogens (tertiary/aromatic N) is 1. The molecule has 0 radical (unpaired) electrons. The van der Waals surface area contributed by atoms with Gasteiger partial charge in [0.05, 0.1) is 0 Å². The molecule has 0 aliphatic carbocycles. The Hall–Kier alpha value is -1.12. The quantitative estimate of drug-likeness (QED) is 0.419. The molecule has 1 aliphatic heterocycles. The minimum Gasteiger partial charge on any atom is -0.272 e. The van der Waals surface area contributed by atoms with Crippen LogP contribution in [0.25, 0.3) is 0 Å². The van der Waals surface area contributed by atoms with Gasteiger partial charge in [0.25, 0.3) is 11.8 Å². The van der Waals surface area contributed by atoms with Crippen molar-refractivity contribution < 1.29 is 9.59 Å². The molecular formula is C17H29NO2. The maximum absolute atomic E-state index is 11.8. The van der Waals surface area contributed by atoms with Crippen LogP contribution in [0.1, 0.15) is 78.1 Å². The molecular weight excluding hydrogens is 250 g/mol. The predicted octanol–water partition coefficient (Wildman–Crippen LogP) is 4.22. The molecule has 0 saturated heterocycles. The Kier molecular flexibility index (Phi) is 8.24. The SMILES string of the molecule is CCCCCCC(CCCCCC)N1C(=O)C=CC1=O. The van der Waals surface area contributed by atoms with Gasteiger partial charge in [-0.3, -0.25) is 14.5 Å². The lowest BCUT2D eigenvalue weighted by Crippen LogP contribution is -2.40. The molecule has 20 heavy (non-hydrogen) atoms. The highest BCUT2D eigenvalue weighted by Gasteiger charge is 2.30. The van der Waals surface area contributed by atoms with Gasteiger partial charge in [0, 0.05) is 18.2 Å². The molecule has 0 unspecified atom stereocenters. The summed E-state index contributed by atoms with van der Waals surface area (Å²) in [7, 11) is 0. The Balaban J connectivity index is 2.45. The van der Waals surface area contributed by atoms with E-state index in [2.05, 4.69) is 13.8 Å². The number of carbonyl (C=O) groups excluding carboxylic acids is 2. The van der Waals surface area contributed by atoms with E-state index in [1.807, 2.05) is 0 Å². The van der Waals surface area contributed by atoms with Crippen LogP contribution in [0.4, 0.5) is 0 Å². The zero-order valence-corrected chi connectivity index (χ0v) is 13.1. The molecule has 3 nitrogen and oxygen atoms in total. The molecule has 0 aromatic heterocycles. The normalized spacial score (nSPS) is 14.8. The van der Waals surface area contributed by atoms with Crippen LogP contribution in [0, 0.1) is 0 Å². The number of hydrogen-bond donors (Lipinski definition) is 0. The third-order valence-corrected chi connectivity index (χ3v) is 3.99. The van der Waals surface area contributed by atoms with Gasteiger partial charge in [-0.15, -0.1) is 0 Å². The second-order valence-corrected chi connectivity index (χ2v) is 5.73. The zero-order valence-electron chi connectivity index (χ0n) is 13.1. The molecule has 0 aromatic carbocycles. The van der Waals surface area contributed by atoms with Crippen molar-refractivity contribution in [3.63, 3.8) is 0 Å². The van der Waals surface area contributed by atoms with E-state index in [1.54, 1.807) is 0 Å². The van der Waals surface area contributed by atoms with Gasteiger partial charge in [-0.2, -0.15) is 0 Å². The smallest absolute Gasteiger partial charge is 0.253 e. The summed E-state index contributed by atoms with van der Waals surface area (Å²) in [5.41, 5.74) is 0. The molecule has 3 heteroatoms. The van der Waals surface area contributed by atoms with Crippen LogP contribution >= 0.6 is 0 Å². The largest absolute Gasteiger partial charge is 0.272 e. The Labute approximate surface area is 123 Å². The summed E-state index contributed by atoms with van der Waals surface area (Å²) in [5, 5.41) is 0. The Bertz CT molecular complexity index is 306. The first-order chi connectivity index (χ1) is 9.70. The van der Waals surface area contributed by atoms with E-state index in [4.69, 9.17) is 0 Å². The first kappa shape index (κ1) is 16.9. The molecule has 1 rings (SSSR count). The van der Waals surface area contributed by atoms with Crippen molar-refractivity contribution in [3.05, 3.63) is 12.2 Å². The highest BCUT2D eigenvalue weighted by molar-refractivity contribution is 6.13. The fourth-order valence-electron chi connectivity index (χ4n) is 2.79. The molecule has 114 valence electrons. The van der Waals surface area contributed by atoms with Crippen molar-refractivity contribution >= 4 is 11.8 Å². The summed E-state index contributed by atoms with van der Waals surface area (Å²) in [5.74, 6) is -0.239. The van der Waals surface area contributed by atoms with Gasteiger partial charge >= 0.3 is 0 Å². The molecule has 0 atom stereocenters. The number of amides is 2. The van der Waals surface area contributed by atoms with Gasteiger partial charge < -0.3 is 0 Å². The number of imide groups is 1. The highest BCUT2D eigenvalue weighted by atomic mass is 16.2. The minimum atomic E-state index is -0.119.